The number of benzene rings is 1. The second-order valence-electron chi connectivity index (χ2n) is 3.63. The molecule has 1 aromatic carbocycles. The maximum absolute atomic E-state index is 12.2. The van der Waals surface area contributed by atoms with E-state index in [2.05, 4.69) is 20.7 Å². The molecule has 0 atom stereocenters. The first-order valence-corrected chi connectivity index (χ1v) is 8.64. The van der Waals surface area contributed by atoms with Crippen LogP contribution in [0, 0.1) is 0 Å². The third-order valence-electron chi connectivity index (χ3n) is 2.30. The van der Waals surface area contributed by atoms with E-state index >= 15 is 0 Å². The number of carboxylic acids is 1. The molecule has 0 aliphatic heterocycles. The maximum Gasteiger partial charge on any atom is 0.339 e. The normalized spacial score (nSPS) is 11.3. The Morgan fingerprint density at radius 2 is 2.05 bits per heavy atom. The predicted molar refractivity (Wildman–Crippen MR) is 81.2 cm³/mol. The molecule has 1 aromatic heterocycles. The molecule has 5 nitrogen and oxygen atoms in total. The van der Waals surface area contributed by atoms with E-state index in [-0.39, 0.29) is 20.5 Å². The van der Waals surface area contributed by atoms with Crippen LogP contribution in [0.15, 0.2) is 38.3 Å². The largest absolute Gasteiger partial charge is 0.478 e. The summed E-state index contributed by atoms with van der Waals surface area (Å²) in [7, 11) is -3.87. The summed E-state index contributed by atoms with van der Waals surface area (Å²) in [6, 6.07) is 5.78. The quantitative estimate of drug-likeness (QED) is 0.826. The van der Waals surface area contributed by atoms with Crippen LogP contribution in [0.2, 0.25) is 5.02 Å². The number of rotatable bonds is 4. The number of sulfonamides is 1. The number of nitrogens with one attached hydrogen (secondary N) is 1. The highest BCUT2D eigenvalue weighted by atomic mass is 79.9. The Morgan fingerprint density at radius 3 is 2.60 bits per heavy atom. The van der Waals surface area contributed by atoms with Crippen molar-refractivity contribution in [1.29, 1.82) is 0 Å². The molecule has 2 N–H and O–H groups in total. The fourth-order valence-electron chi connectivity index (χ4n) is 1.49. The van der Waals surface area contributed by atoms with Crippen LogP contribution < -0.4 is 4.72 Å². The van der Waals surface area contributed by atoms with Gasteiger partial charge in [-0.15, -0.1) is 11.3 Å². The summed E-state index contributed by atoms with van der Waals surface area (Å²) in [5.74, 6) is -1.31. The Labute approximate surface area is 132 Å². The van der Waals surface area contributed by atoms with Gasteiger partial charge in [-0.25, -0.2) is 13.2 Å². The van der Waals surface area contributed by atoms with Gasteiger partial charge < -0.3 is 5.11 Å². The van der Waals surface area contributed by atoms with Gasteiger partial charge in [-0.05, 0) is 39.5 Å². The second kappa shape index (κ2) is 5.72. The lowest BCUT2D eigenvalue weighted by Gasteiger charge is -2.10. The zero-order chi connectivity index (χ0) is 14.9. The van der Waals surface area contributed by atoms with Crippen molar-refractivity contribution in [1.82, 2.24) is 0 Å². The molecular weight excluding hydrogens is 390 g/mol. The van der Waals surface area contributed by atoms with Gasteiger partial charge in [0.2, 0.25) is 0 Å². The van der Waals surface area contributed by atoms with Crippen molar-refractivity contribution in [3.8, 4) is 0 Å². The topological polar surface area (TPSA) is 83.5 Å². The minimum atomic E-state index is -3.87. The third kappa shape index (κ3) is 2.98. The minimum absolute atomic E-state index is 0.0389. The van der Waals surface area contributed by atoms with Crippen molar-refractivity contribution in [2.75, 3.05) is 4.72 Å². The van der Waals surface area contributed by atoms with Gasteiger partial charge in [-0.3, -0.25) is 4.72 Å². The van der Waals surface area contributed by atoms with E-state index in [1.54, 1.807) is 11.4 Å². The maximum atomic E-state index is 12.2. The van der Waals surface area contributed by atoms with Crippen LogP contribution in [-0.4, -0.2) is 19.5 Å². The molecule has 20 heavy (non-hydrogen) atoms. The highest BCUT2D eigenvalue weighted by molar-refractivity contribution is 9.10. The molecule has 0 aliphatic carbocycles. The molecule has 2 aromatic rings. The highest BCUT2D eigenvalue weighted by Gasteiger charge is 2.23. The van der Waals surface area contributed by atoms with E-state index < -0.39 is 16.0 Å². The van der Waals surface area contributed by atoms with Gasteiger partial charge in [0.15, 0.2) is 4.21 Å². The molecule has 0 saturated heterocycles. The first kappa shape index (κ1) is 15.3. The summed E-state index contributed by atoms with van der Waals surface area (Å²) in [4.78, 5) is 11.2. The van der Waals surface area contributed by atoms with Crippen molar-refractivity contribution in [2.24, 2.45) is 0 Å². The molecule has 0 amide bonds. The van der Waals surface area contributed by atoms with Crippen molar-refractivity contribution in [3.05, 3.63) is 44.7 Å². The molecule has 2 rings (SSSR count). The third-order valence-corrected chi connectivity index (χ3v) is 6.65. The summed E-state index contributed by atoms with van der Waals surface area (Å²) in [5.41, 5.74) is -0.365. The molecule has 0 radical (unpaired) electrons. The van der Waals surface area contributed by atoms with E-state index in [4.69, 9.17) is 16.7 Å². The molecule has 1 heterocycles. The van der Waals surface area contributed by atoms with Gasteiger partial charge in [-0.2, -0.15) is 0 Å². The fourth-order valence-corrected chi connectivity index (χ4v) is 5.16. The molecule has 0 aliphatic rings. The van der Waals surface area contributed by atoms with E-state index in [0.29, 0.717) is 4.47 Å². The van der Waals surface area contributed by atoms with Crippen molar-refractivity contribution in [3.63, 3.8) is 0 Å². The first-order chi connectivity index (χ1) is 9.33. The summed E-state index contributed by atoms with van der Waals surface area (Å²) in [5, 5.41) is 10.7. The Morgan fingerprint density at radius 1 is 1.35 bits per heavy atom. The summed E-state index contributed by atoms with van der Waals surface area (Å²) in [6.07, 6.45) is 0. The number of hydrogen-bond donors (Lipinski definition) is 2. The number of anilines is 1. The van der Waals surface area contributed by atoms with Gasteiger partial charge in [0.25, 0.3) is 10.0 Å². The van der Waals surface area contributed by atoms with Crippen molar-refractivity contribution >= 4 is 60.5 Å². The average Bonchev–Trinajstić information content (AvgIpc) is 2.75. The smallest absolute Gasteiger partial charge is 0.339 e. The second-order valence-corrected chi connectivity index (χ2v) is 7.68. The zero-order valence-electron chi connectivity index (χ0n) is 9.63. The number of aromatic carboxylic acids is 1. The molecule has 0 fully saturated rings. The lowest BCUT2D eigenvalue weighted by molar-refractivity contribution is 0.0698. The predicted octanol–water partition coefficient (Wildman–Crippen LogP) is 3.66. The fraction of sp³-hybridized carbons (Fsp3) is 0. The van der Waals surface area contributed by atoms with Gasteiger partial charge in [0.05, 0.1) is 10.7 Å². The Bertz CT molecular complexity index is 772. The average molecular weight is 397 g/mol. The zero-order valence-corrected chi connectivity index (χ0v) is 13.6. The highest BCUT2D eigenvalue weighted by Crippen LogP contribution is 2.31. The Hall–Kier alpha value is -1.09. The van der Waals surface area contributed by atoms with Crippen LogP contribution in [-0.2, 0) is 10.0 Å². The number of carboxylic acid groups (broad SMARTS) is 1. The first-order valence-electron chi connectivity index (χ1n) is 5.10. The summed E-state index contributed by atoms with van der Waals surface area (Å²) in [6.45, 7) is 0. The van der Waals surface area contributed by atoms with E-state index in [1.807, 2.05) is 0 Å². The van der Waals surface area contributed by atoms with Gasteiger partial charge >= 0.3 is 5.97 Å². The molecule has 0 saturated carbocycles. The molecule has 9 heteroatoms. The Balaban J connectivity index is 2.48. The number of thiophene rings is 1. The minimum Gasteiger partial charge on any atom is -0.478 e. The molecule has 0 spiro atoms. The Kier molecular flexibility index (Phi) is 4.38. The van der Waals surface area contributed by atoms with Crippen LogP contribution in [0.25, 0.3) is 0 Å². The van der Waals surface area contributed by atoms with E-state index in [1.165, 1.54) is 18.2 Å². The lowest BCUT2D eigenvalue weighted by atomic mass is 10.2. The monoisotopic (exact) mass is 395 g/mol. The van der Waals surface area contributed by atoms with Gasteiger partial charge in [-0.1, -0.05) is 17.7 Å². The van der Waals surface area contributed by atoms with Gasteiger partial charge in [0, 0.05) is 4.47 Å². The van der Waals surface area contributed by atoms with E-state index in [9.17, 15) is 13.2 Å². The molecule has 106 valence electrons. The standard InChI is InChI=1S/C11H7BrClNO4S2/c12-6-4-5-19-11(6)20(17,18)14-8-3-1-2-7(13)9(8)10(15)16/h1-5,14H,(H,15,16). The lowest BCUT2D eigenvalue weighted by Crippen LogP contribution is -2.15. The van der Waals surface area contributed by atoms with Crippen LogP contribution >= 0.6 is 38.9 Å². The summed E-state index contributed by atoms with van der Waals surface area (Å²) < 4.78 is 27.1. The number of carbonyl (C=O) groups is 1. The molecule has 0 unspecified atom stereocenters. The van der Waals surface area contributed by atoms with Crippen molar-refractivity contribution in [2.45, 2.75) is 4.21 Å². The molecular formula is C11H7BrClNO4S2. The molecule has 0 bridgehead atoms. The SMILES string of the molecule is O=C(O)c1c(Cl)cccc1NS(=O)(=O)c1sccc1Br. The van der Waals surface area contributed by atoms with Crippen LogP contribution in [0.1, 0.15) is 10.4 Å². The van der Waals surface area contributed by atoms with Crippen LogP contribution in [0.4, 0.5) is 5.69 Å². The van der Waals surface area contributed by atoms with E-state index in [0.717, 1.165) is 11.3 Å². The number of hydrogen-bond acceptors (Lipinski definition) is 4. The van der Waals surface area contributed by atoms with Crippen LogP contribution in [0.5, 0.6) is 0 Å². The van der Waals surface area contributed by atoms with Gasteiger partial charge in [0.1, 0.15) is 5.56 Å². The number of halogens is 2. The summed E-state index contributed by atoms with van der Waals surface area (Å²) >= 11 is 9.93. The van der Waals surface area contributed by atoms with Crippen molar-refractivity contribution < 1.29 is 18.3 Å². The van der Waals surface area contributed by atoms with Crippen LogP contribution in [0.3, 0.4) is 0 Å².